The maximum Gasteiger partial charge on any atom is 0.328 e. The van der Waals surface area contributed by atoms with E-state index in [0.717, 1.165) is 13.0 Å². The Morgan fingerprint density at radius 1 is 1.20 bits per heavy atom. The highest BCUT2D eigenvalue weighted by Crippen LogP contribution is 2.25. The highest BCUT2D eigenvalue weighted by atomic mass is 32.2. The van der Waals surface area contributed by atoms with Gasteiger partial charge in [-0.05, 0) is 31.0 Å². The van der Waals surface area contributed by atoms with Crippen molar-refractivity contribution in [1.29, 1.82) is 0 Å². The summed E-state index contributed by atoms with van der Waals surface area (Å²) in [5.41, 5.74) is 1.06. The Bertz CT molecular complexity index is 1120. The summed E-state index contributed by atoms with van der Waals surface area (Å²) < 4.78 is 33.0. The minimum Gasteiger partial charge on any atom is -0.295 e. The van der Waals surface area contributed by atoms with E-state index in [0.29, 0.717) is 23.3 Å². The van der Waals surface area contributed by atoms with Gasteiger partial charge in [0.1, 0.15) is 12.2 Å². The zero-order valence-electron chi connectivity index (χ0n) is 13.9. The maximum absolute atomic E-state index is 12.8. The van der Waals surface area contributed by atoms with E-state index in [4.69, 9.17) is 0 Å². The van der Waals surface area contributed by atoms with Gasteiger partial charge in [-0.15, -0.1) is 0 Å². The van der Waals surface area contributed by atoms with Crippen LogP contribution in [0.1, 0.15) is 24.7 Å². The molecule has 1 N–H and O–H groups in total. The highest BCUT2D eigenvalue weighted by Gasteiger charge is 2.28. The van der Waals surface area contributed by atoms with Gasteiger partial charge in [-0.25, -0.2) is 27.6 Å². The van der Waals surface area contributed by atoms with Crippen molar-refractivity contribution in [1.82, 2.24) is 28.6 Å². The van der Waals surface area contributed by atoms with Gasteiger partial charge in [0.15, 0.2) is 0 Å². The summed E-state index contributed by atoms with van der Waals surface area (Å²) in [6.45, 7) is 0.742. The summed E-state index contributed by atoms with van der Waals surface area (Å²) >= 11 is 0. The topological polar surface area (TPSA) is 104 Å². The van der Waals surface area contributed by atoms with Crippen LogP contribution in [0.2, 0.25) is 0 Å². The first-order valence-corrected chi connectivity index (χ1v) is 9.42. The second-order valence-electron chi connectivity index (χ2n) is 6.21. The van der Waals surface area contributed by atoms with Gasteiger partial charge in [0.05, 0.1) is 22.0 Å². The Morgan fingerprint density at radius 3 is 2.76 bits per heavy atom. The van der Waals surface area contributed by atoms with Crippen LogP contribution in [0.4, 0.5) is 0 Å². The van der Waals surface area contributed by atoms with E-state index in [1.54, 1.807) is 24.8 Å². The smallest absolute Gasteiger partial charge is 0.295 e. The predicted octanol–water partition coefficient (Wildman–Crippen LogP) is 0.282. The van der Waals surface area contributed by atoms with Gasteiger partial charge in [-0.2, -0.15) is 5.10 Å². The number of fused-ring (bicyclic) bond motifs is 2. The zero-order chi connectivity index (χ0) is 17.8. The van der Waals surface area contributed by atoms with Gasteiger partial charge in [0.2, 0.25) is 10.0 Å². The molecule has 0 amide bonds. The van der Waals surface area contributed by atoms with E-state index in [2.05, 4.69) is 14.8 Å². The number of rotatable bonds is 3. The quantitative estimate of drug-likeness (QED) is 0.721. The molecule has 0 saturated carbocycles. The summed E-state index contributed by atoms with van der Waals surface area (Å²) in [4.78, 5) is 16.3. The van der Waals surface area contributed by atoms with Gasteiger partial charge < -0.3 is 0 Å². The second kappa shape index (κ2) is 5.53. The van der Waals surface area contributed by atoms with Crippen LogP contribution in [0.25, 0.3) is 11.0 Å². The number of nitrogens with one attached hydrogen (secondary N) is 1. The number of aromatic nitrogens is 5. The lowest BCUT2D eigenvalue weighted by Gasteiger charge is -2.23. The minimum absolute atomic E-state index is 0.123. The standard InChI is InChI=1S/C15H18N6O3S/c1-19-12-6-5-10(8-13(12)20(2)15(19)22)25(23,24)18-11-4-3-7-21-14(11)16-9-17-21/h5-6,8-9,11,18H,3-4,7H2,1-2H3/t11-/m1/s1. The van der Waals surface area contributed by atoms with Crippen LogP contribution < -0.4 is 10.4 Å². The largest absolute Gasteiger partial charge is 0.328 e. The van der Waals surface area contributed by atoms with Crippen LogP contribution in [-0.4, -0.2) is 32.3 Å². The molecule has 1 aliphatic rings. The normalized spacial score (nSPS) is 17.8. The molecule has 2 aromatic heterocycles. The lowest BCUT2D eigenvalue weighted by molar-refractivity contribution is 0.400. The fourth-order valence-electron chi connectivity index (χ4n) is 3.31. The Morgan fingerprint density at radius 2 is 1.96 bits per heavy atom. The fourth-order valence-corrected chi connectivity index (χ4v) is 4.56. The predicted molar refractivity (Wildman–Crippen MR) is 90.5 cm³/mol. The molecule has 0 bridgehead atoms. The third kappa shape index (κ3) is 2.48. The van der Waals surface area contributed by atoms with Crippen LogP contribution in [0.3, 0.4) is 0 Å². The maximum atomic E-state index is 12.8. The summed E-state index contributed by atoms with van der Waals surface area (Å²) in [5.74, 6) is 0.628. The number of sulfonamides is 1. The molecule has 1 atom stereocenters. The molecular formula is C15H18N6O3S. The summed E-state index contributed by atoms with van der Waals surface area (Å²) in [6, 6.07) is 4.27. The SMILES string of the molecule is Cn1c(=O)n(C)c2cc(S(=O)(=O)N[C@@H]3CCCn4ncnc43)ccc21. The number of nitrogens with zero attached hydrogens (tertiary/aromatic N) is 5. The zero-order valence-corrected chi connectivity index (χ0v) is 14.7. The molecule has 0 saturated heterocycles. The molecular weight excluding hydrogens is 344 g/mol. The van der Waals surface area contributed by atoms with Crippen molar-refractivity contribution in [3.8, 4) is 0 Å². The van der Waals surface area contributed by atoms with Crippen molar-refractivity contribution in [3.05, 3.63) is 40.8 Å². The van der Waals surface area contributed by atoms with Crippen molar-refractivity contribution in [2.24, 2.45) is 14.1 Å². The van der Waals surface area contributed by atoms with Crippen LogP contribution in [-0.2, 0) is 30.7 Å². The molecule has 10 heteroatoms. The van der Waals surface area contributed by atoms with Crippen molar-refractivity contribution in [2.75, 3.05) is 0 Å². The number of hydrogen-bond donors (Lipinski definition) is 1. The van der Waals surface area contributed by atoms with E-state index in [9.17, 15) is 13.2 Å². The van der Waals surface area contributed by atoms with E-state index in [1.807, 2.05) is 0 Å². The molecule has 0 unspecified atom stereocenters. The lowest BCUT2D eigenvalue weighted by Crippen LogP contribution is -2.33. The molecule has 0 aliphatic carbocycles. The summed E-state index contributed by atoms with van der Waals surface area (Å²) in [6.07, 6.45) is 2.94. The lowest BCUT2D eigenvalue weighted by atomic mass is 10.1. The molecule has 1 aromatic carbocycles. The van der Waals surface area contributed by atoms with Crippen molar-refractivity contribution >= 4 is 21.1 Å². The Labute approximate surface area is 144 Å². The number of benzene rings is 1. The van der Waals surface area contributed by atoms with Gasteiger partial charge in [-0.1, -0.05) is 0 Å². The van der Waals surface area contributed by atoms with Crippen LogP contribution in [0.5, 0.6) is 0 Å². The van der Waals surface area contributed by atoms with E-state index in [-0.39, 0.29) is 10.6 Å². The summed E-state index contributed by atoms with van der Waals surface area (Å²) in [7, 11) is -0.466. The van der Waals surface area contributed by atoms with Gasteiger partial charge in [-0.3, -0.25) is 9.13 Å². The number of imidazole rings is 1. The molecule has 25 heavy (non-hydrogen) atoms. The Hall–Kier alpha value is -2.46. The molecule has 1 aliphatic heterocycles. The van der Waals surface area contributed by atoms with Crippen LogP contribution in [0, 0.1) is 0 Å². The molecule has 0 spiro atoms. The first kappa shape index (κ1) is 16.0. The number of aryl methyl sites for hydroxylation is 3. The third-order valence-electron chi connectivity index (χ3n) is 4.67. The van der Waals surface area contributed by atoms with Crippen LogP contribution >= 0.6 is 0 Å². The average molecular weight is 362 g/mol. The first-order chi connectivity index (χ1) is 11.9. The molecule has 3 aromatic rings. The average Bonchev–Trinajstić information content (AvgIpc) is 3.15. The molecule has 9 nitrogen and oxygen atoms in total. The minimum atomic E-state index is -3.75. The van der Waals surface area contributed by atoms with E-state index < -0.39 is 16.1 Å². The fraction of sp³-hybridized carbons (Fsp3) is 0.400. The van der Waals surface area contributed by atoms with Gasteiger partial charge in [0.25, 0.3) is 0 Å². The number of hydrogen-bond acceptors (Lipinski definition) is 5. The highest BCUT2D eigenvalue weighted by molar-refractivity contribution is 7.89. The van der Waals surface area contributed by atoms with Crippen molar-refractivity contribution in [3.63, 3.8) is 0 Å². The molecule has 0 fully saturated rings. The van der Waals surface area contributed by atoms with Crippen LogP contribution in [0.15, 0.2) is 34.2 Å². The molecule has 132 valence electrons. The van der Waals surface area contributed by atoms with Gasteiger partial charge in [0, 0.05) is 20.6 Å². The monoisotopic (exact) mass is 362 g/mol. The third-order valence-corrected chi connectivity index (χ3v) is 6.14. The van der Waals surface area contributed by atoms with Crippen molar-refractivity contribution < 1.29 is 8.42 Å². The first-order valence-electron chi connectivity index (χ1n) is 7.94. The summed E-state index contributed by atoms with van der Waals surface area (Å²) in [5, 5.41) is 4.10. The van der Waals surface area contributed by atoms with E-state index >= 15 is 0 Å². The second-order valence-corrected chi connectivity index (χ2v) is 7.92. The van der Waals surface area contributed by atoms with E-state index in [1.165, 1.54) is 27.6 Å². The van der Waals surface area contributed by atoms with Gasteiger partial charge >= 0.3 is 5.69 Å². The molecule has 3 heterocycles. The Kier molecular flexibility index (Phi) is 3.55. The molecule has 0 radical (unpaired) electrons. The Balaban J connectivity index is 1.73. The van der Waals surface area contributed by atoms with Crippen molar-refractivity contribution in [2.45, 2.75) is 30.3 Å². The molecule has 4 rings (SSSR count).